The zero-order valence-electron chi connectivity index (χ0n) is 13.1. The van der Waals surface area contributed by atoms with E-state index in [0.29, 0.717) is 5.54 Å². The van der Waals surface area contributed by atoms with Crippen LogP contribution in [0.15, 0.2) is 30.8 Å². The van der Waals surface area contributed by atoms with E-state index >= 15 is 0 Å². The summed E-state index contributed by atoms with van der Waals surface area (Å²) in [6.07, 6.45) is 4.27. The van der Waals surface area contributed by atoms with E-state index in [-0.39, 0.29) is 6.10 Å². The summed E-state index contributed by atoms with van der Waals surface area (Å²) in [5, 5.41) is 0. The van der Waals surface area contributed by atoms with Gasteiger partial charge in [-0.2, -0.15) is 0 Å². The Morgan fingerprint density at radius 1 is 1.20 bits per heavy atom. The van der Waals surface area contributed by atoms with E-state index in [0.717, 1.165) is 26.1 Å². The van der Waals surface area contributed by atoms with Gasteiger partial charge in [0.2, 0.25) is 0 Å². The minimum atomic E-state index is -0.580. The van der Waals surface area contributed by atoms with Crippen molar-refractivity contribution in [3.05, 3.63) is 42.0 Å². The molecule has 2 unspecified atom stereocenters. The fraction of sp³-hybridized carbons (Fsp3) is 0.529. The third-order valence-electron chi connectivity index (χ3n) is 3.60. The van der Waals surface area contributed by atoms with Crippen LogP contribution in [0, 0.1) is 0 Å². The standard InChI is InChI=1S/C17H28O2Si/c1-5-14-11-9-10-12-16(14)17(7-3)19-20-15(6-2)13-18-8-4/h5,9-12,15,17H,1,6-8,13,20H2,2-4H3. The highest BCUT2D eigenvalue weighted by molar-refractivity contribution is 6.29. The molecule has 1 aromatic rings. The number of rotatable bonds is 10. The molecule has 1 rings (SSSR count). The van der Waals surface area contributed by atoms with Crippen molar-refractivity contribution in [3.63, 3.8) is 0 Å². The van der Waals surface area contributed by atoms with Crippen LogP contribution in [-0.4, -0.2) is 23.0 Å². The van der Waals surface area contributed by atoms with Gasteiger partial charge in [0.1, 0.15) is 0 Å². The Bertz CT molecular complexity index is 392. The Kier molecular flexibility index (Phi) is 8.50. The van der Waals surface area contributed by atoms with Gasteiger partial charge in [0, 0.05) is 13.2 Å². The average molecular weight is 292 g/mol. The maximum Gasteiger partial charge on any atom is 0.167 e. The van der Waals surface area contributed by atoms with Crippen LogP contribution in [0.4, 0.5) is 0 Å². The van der Waals surface area contributed by atoms with Gasteiger partial charge in [-0.3, -0.25) is 0 Å². The van der Waals surface area contributed by atoms with Crippen LogP contribution in [-0.2, 0) is 9.16 Å². The van der Waals surface area contributed by atoms with Crippen LogP contribution in [0.1, 0.15) is 50.8 Å². The van der Waals surface area contributed by atoms with Gasteiger partial charge in [-0.1, -0.05) is 57.2 Å². The molecule has 0 fully saturated rings. The lowest BCUT2D eigenvalue weighted by molar-refractivity contribution is 0.134. The normalized spacial score (nSPS) is 14.6. The molecule has 0 radical (unpaired) electrons. The van der Waals surface area contributed by atoms with Crippen LogP contribution in [0.25, 0.3) is 6.08 Å². The van der Waals surface area contributed by atoms with Crippen molar-refractivity contribution < 1.29 is 9.16 Å². The summed E-state index contributed by atoms with van der Waals surface area (Å²) in [7, 11) is -0.580. The first-order valence-corrected chi connectivity index (χ1v) is 9.06. The minimum absolute atomic E-state index is 0.201. The molecule has 0 heterocycles. The summed E-state index contributed by atoms with van der Waals surface area (Å²) in [5.41, 5.74) is 3.06. The molecule has 2 atom stereocenters. The van der Waals surface area contributed by atoms with E-state index in [4.69, 9.17) is 9.16 Å². The van der Waals surface area contributed by atoms with E-state index in [2.05, 4.69) is 44.7 Å². The van der Waals surface area contributed by atoms with Crippen molar-refractivity contribution in [1.29, 1.82) is 0 Å². The zero-order chi connectivity index (χ0) is 14.8. The van der Waals surface area contributed by atoms with Crippen LogP contribution in [0.2, 0.25) is 5.54 Å². The highest BCUT2D eigenvalue weighted by atomic mass is 28.2. The molecule has 112 valence electrons. The fourth-order valence-corrected chi connectivity index (χ4v) is 3.66. The van der Waals surface area contributed by atoms with Crippen LogP contribution >= 0.6 is 0 Å². The van der Waals surface area contributed by atoms with Crippen LogP contribution in [0.5, 0.6) is 0 Å². The summed E-state index contributed by atoms with van der Waals surface area (Å²) in [6, 6.07) is 8.39. The largest absolute Gasteiger partial charge is 0.417 e. The maximum atomic E-state index is 6.28. The van der Waals surface area contributed by atoms with E-state index in [1.54, 1.807) is 0 Å². The minimum Gasteiger partial charge on any atom is -0.417 e. The maximum absolute atomic E-state index is 6.28. The SMILES string of the molecule is C=Cc1ccccc1C(CC)O[SiH2]C(CC)COCC. The molecule has 0 aromatic heterocycles. The molecule has 0 spiro atoms. The number of benzene rings is 1. The van der Waals surface area contributed by atoms with Gasteiger partial charge in [-0.05, 0) is 30.0 Å². The lowest BCUT2D eigenvalue weighted by Gasteiger charge is -2.22. The van der Waals surface area contributed by atoms with Gasteiger partial charge >= 0.3 is 0 Å². The second kappa shape index (κ2) is 9.92. The predicted octanol–water partition coefficient (Wildman–Crippen LogP) is 4.12. The Balaban J connectivity index is 2.64. The molecule has 0 bridgehead atoms. The summed E-state index contributed by atoms with van der Waals surface area (Å²) >= 11 is 0. The molecule has 0 N–H and O–H groups in total. The van der Waals surface area contributed by atoms with Gasteiger partial charge in [-0.15, -0.1) is 0 Å². The molecule has 0 aliphatic rings. The second-order valence-corrected chi connectivity index (χ2v) is 6.82. The lowest BCUT2D eigenvalue weighted by Crippen LogP contribution is -2.17. The van der Waals surface area contributed by atoms with Gasteiger partial charge in [0.25, 0.3) is 0 Å². The molecular weight excluding hydrogens is 264 g/mol. The van der Waals surface area contributed by atoms with Crippen molar-refractivity contribution >= 4 is 15.8 Å². The smallest absolute Gasteiger partial charge is 0.167 e. The third-order valence-corrected chi connectivity index (χ3v) is 5.48. The Morgan fingerprint density at radius 3 is 2.55 bits per heavy atom. The van der Waals surface area contributed by atoms with Gasteiger partial charge in [0.05, 0.1) is 6.10 Å². The van der Waals surface area contributed by atoms with Crippen molar-refractivity contribution in [2.45, 2.75) is 45.3 Å². The summed E-state index contributed by atoms with van der Waals surface area (Å²) in [6.45, 7) is 12.0. The number of hydrogen-bond acceptors (Lipinski definition) is 2. The first-order valence-electron chi connectivity index (χ1n) is 7.67. The van der Waals surface area contributed by atoms with E-state index in [1.807, 2.05) is 13.0 Å². The van der Waals surface area contributed by atoms with Crippen molar-refractivity contribution in [2.24, 2.45) is 0 Å². The third kappa shape index (κ3) is 5.23. The first kappa shape index (κ1) is 17.1. The van der Waals surface area contributed by atoms with Crippen molar-refractivity contribution in [3.8, 4) is 0 Å². The molecule has 20 heavy (non-hydrogen) atoms. The predicted molar refractivity (Wildman–Crippen MR) is 89.7 cm³/mol. The number of ether oxygens (including phenoxy) is 1. The van der Waals surface area contributed by atoms with E-state index < -0.39 is 9.76 Å². The fourth-order valence-electron chi connectivity index (χ4n) is 2.24. The van der Waals surface area contributed by atoms with Gasteiger partial charge in [-0.25, -0.2) is 0 Å². The summed E-state index contributed by atoms with van der Waals surface area (Å²) in [5.74, 6) is 0. The average Bonchev–Trinajstić information content (AvgIpc) is 2.51. The molecule has 1 aromatic carbocycles. The lowest BCUT2D eigenvalue weighted by atomic mass is 10.0. The monoisotopic (exact) mass is 292 g/mol. The van der Waals surface area contributed by atoms with Gasteiger partial charge < -0.3 is 9.16 Å². The van der Waals surface area contributed by atoms with Crippen LogP contribution in [0.3, 0.4) is 0 Å². The summed E-state index contributed by atoms with van der Waals surface area (Å²) < 4.78 is 11.8. The topological polar surface area (TPSA) is 18.5 Å². The Labute approximate surface area is 126 Å². The molecule has 2 nitrogen and oxygen atoms in total. The molecule has 3 heteroatoms. The van der Waals surface area contributed by atoms with E-state index in [9.17, 15) is 0 Å². The second-order valence-electron chi connectivity index (χ2n) is 5.00. The van der Waals surface area contributed by atoms with Crippen molar-refractivity contribution in [2.75, 3.05) is 13.2 Å². The molecular formula is C17H28O2Si. The van der Waals surface area contributed by atoms with E-state index in [1.165, 1.54) is 11.1 Å². The molecule has 0 amide bonds. The summed E-state index contributed by atoms with van der Waals surface area (Å²) in [4.78, 5) is 0. The quantitative estimate of drug-likeness (QED) is 0.604. The zero-order valence-corrected chi connectivity index (χ0v) is 14.5. The highest BCUT2D eigenvalue weighted by Crippen LogP contribution is 2.26. The van der Waals surface area contributed by atoms with Gasteiger partial charge in [0.15, 0.2) is 9.76 Å². The van der Waals surface area contributed by atoms with Crippen molar-refractivity contribution in [1.82, 2.24) is 0 Å². The number of hydrogen-bond donors (Lipinski definition) is 0. The highest BCUT2D eigenvalue weighted by Gasteiger charge is 2.15. The molecule has 0 saturated carbocycles. The molecule has 0 saturated heterocycles. The van der Waals surface area contributed by atoms with Crippen LogP contribution < -0.4 is 0 Å². The molecule has 0 aliphatic heterocycles. The first-order chi connectivity index (χ1) is 9.76. The Morgan fingerprint density at radius 2 is 1.95 bits per heavy atom. The Hall–Kier alpha value is -0.903. The molecule has 0 aliphatic carbocycles.